The largest absolute Gasteiger partial charge is 0.508 e. The quantitative estimate of drug-likeness (QED) is 0.0691. The molecule has 4 rings (SSSR count). The Balaban J connectivity index is 1.76. The number of ether oxygens (including phenoxy) is 1. The Morgan fingerprint density at radius 1 is 0.902 bits per heavy atom. The van der Waals surface area contributed by atoms with Gasteiger partial charge in [0.05, 0.1) is 24.3 Å². The molecule has 1 aliphatic rings. The normalized spacial score (nSPS) is 18.4. The number of hydrogen-bond donors (Lipinski definition) is 10. The van der Waals surface area contributed by atoms with Crippen molar-refractivity contribution in [3.63, 3.8) is 0 Å². The zero-order valence-corrected chi connectivity index (χ0v) is 33.3. The van der Waals surface area contributed by atoms with E-state index in [9.17, 15) is 58.8 Å². The number of benzene rings is 2. The lowest BCUT2D eigenvalue weighted by atomic mass is 9.96. The van der Waals surface area contributed by atoms with Gasteiger partial charge in [0, 0.05) is 45.0 Å². The highest BCUT2D eigenvalue weighted by atomic mass is 16.5. The molecule has 22 nitrogen and oxygen atoms in total. The van der Waals surface area contributed by atoms with Crippen LogP contribution in [0.4, 0.5) is 4.79 Å². The number of carbonyl (C=O) groups excluding carboxylic acids is 5. The molecule has 8 atom stereocenters. The lowest BCUT2D eigenvalue weighted by Gasteiger charge is -2.36. The molecule has 8 unspecified atom stereocenters. The van der Waals surface area contributed by atoms with Gasteiger partial charge in [-0.3, -0.25) is 33.5 Å². The minimum atomic E-state index is -1.98. The molecule has 13 N–H and O–H groups in total. The molecule has 0 spiro atoms. The van der Waals surface area contributed by atoms with E-state index in [1.54, 1.807) is 6.07 Å². The molecule has 0 radical (unpaired) electrons. The number of aliphatic hydroxyl groups is 1. The third-order valence-electron chi connectivity index (χ3n) is 9.65. The number of aliphatic carboxylic acids is 1. The maximum absolute atomic E-state index is 14.5. The summed E-state index contributed by atoms with van der Waals surface area (Å²) in [6.45, 7) is 2.71. The molecule has 1 fully saturated rings. The van der Waals surface area contributed by atoms with Gasteiger partial charge in [-0.05, 0) is 49.2 Å². The number of Topliss-reactive ketones (excluding diaryl/α,β-unsaturated/α-hetero) is 1. The van der Waals surface area contributed by atoms with Gasteiger partial charge in [0.1, 0.15) is 41.5 Å². The summed E-state index contributed by atoms with van der Waals surface area (Å²) in [5.41, 5.74) is 17.2. The zero-order valence-electron chi connectivity index (χ0n) is 33.3. The summed E-state index contributed by atoms with van der Waals surface area (Å²) in [6, 6.07) is 1.97. The molecule has 1 saturated heterocycles. The molecule has 2 heterocycles. The number of amides is 5. The Morgan fingerprint density at radius 3 is 2.02 bits per heavy atom. The van der Waals surface area contributed by atoms with Gasteiger partial charge in [0.15, 0.2) is 5.78 Å². The number of urea groups is 1. The van der Waals surface area contributed by atoms with Gasteiger partial charge in [0.25, 0.3) is 11.5 Å². The van der Waals surface area contributed by atoms with Gasteiger partial charge in [-0.15, -0.1) is 0 Å². The van der Waals surface area contributed by atoms with Crippen LogP contribution in [0.3, 0.4) is 0 Å². The minimum Gasteiger partial charge on any atom is -0.508 e. The number of nitrogens with two attached hydrogens (primary N) is 3. The number of nitrogens with zero attached hydrogens (tertiary/aromatic N) is 3. The summed E-state index contributed by atoms with van der Waals surface area (Å²) < 4.78 is 6.58. The molecule has 22 heteroatoms. The lowest BCUT2D eigenvalue weighted by Crippen LogP contribution is -2.62. The highest BCUT2D eigenvalue weighted by Gasteiger charge is 2.41. The van der Waals surface area contributed by atoms with E-state index in [1.807, 2.05) is 4.98 Å². The predicted octanol–water partition coefficient (Wildman–Crippen LogP) is -2.16. The number of hydrogen-bond acceptors (Lipinski definition) is 15. The van der Waals surface area contributed by atoms with Crippen LogP contribution in [0.5, 0.6) is 11.5 Å². The Labute approximate surface area is 347 Å². The molecule has 3 aromatic rings. The van der Waals surface area contributed by atoms with Gasteiger partial charge in [-0.2, -0.15) is 0 Å². The van der Waals surface area contributed by atoms with Crippen LogP contribution in [-0.4, -0.2) is 125 Å². The molecule has 1 aromatic heterocycles. The van der Waals surface area contributed by atoms with E-state index in [0.717, 1.165) is 27.9 Å². The molecular formula is C39H49N9O13. The van der Waals surface area contributed by atoms with E-state index in [-0.39, 0.29) is 35.7 Å². The molecule has 5 amide bonds. The number of carbonyl (C=O) groups is 6. The number of aromatic nitrogens is 2. The summed E-state index contributed by atoms with van der Waals surface area (Å²) in [5, 5.41) is 45.7. The van der Waals surface area contributed by atoms with Crippen LogP contribution in [0.1, 0.15) is 44.0 Å². The van der Waals surface area contributed by atoms with Crippen LogP contribution in [0.15, 0.2) is 82.3 Å². The van der Waals surface area contributed by atoms with Crippen molar-refractivity contribution >= 4 is 35.5 Å². The van der Waals surface area contributed by atoms with Crippen LogP contribution in [0.25, 0.3) is 0 Å². The second-order valence-electron chi connectivity index (χ2n) is 14.5. The predicted molar refractivity (Wildman–Crippen MR) is 214 cm³/mol. The number of aromatic hydroxyl groups is 2. The fourth-order valence-electron chi connectivity index (χ4n) is 6.30. The first-order valence-corrected chi connectivity index (χ1v) is 18.8. The van der Waals surface area contributed by atoms with Gasteiger partial charge in [0.2, 0.25) is 18.0 Å². The third kappa shape index (κ3) is 12.3. The first kappa shape index (κ1) is 46.8. The maximum atomic E-state index is 14.5. The number of aromatic amines is 1. The molecule has 328 valence electrons. The highest BCUT2D eigenvalue weighted by Crippen LogP contribution is 2.31. The first-order chi connectivity index (χ1) is 28.7. The van der Waals surface area contributed by atoms with Crippen molar-refractivity contribution in [2.75, 3.05) is 7.05 Å². The van der Waals surface area contributed by atoms with Crippen LogP contribution in [-0.2, 0) is 41.6 Å². The van der Waals surface area contributed by atoms with Crippen molar-refractivity contribution in [1.82, 2.24) is 30.0 Å². The van der Waals surface area contributed by atoms with Gasteiger partial charge < -0.3 is 57.9 Å². The smallest absolute Gasteiger partial charge is 0.331 e. The van der Waals surface area contributed by atoms with Crippen molar-refractivity contribution in [2.45, 2.75) is 88.1 Å². The van der Waals surface area contributed by atoms with E-state index in [1.165, 1.54) is 63.4 Å². The van der Waals surface area contributed by atoms with Gasteiger partial charge in [-0.25, -0.2) is 19.3 Å². The fraction of sp³-hybridized carbons (Fsp3) is 0.385. The fourth-order valence-corrected chi connectivity index (χ4v) is 6.30. The summed E-state index contributed by atoms with van der Waals surface area (Å²) in [6.07, 6.45) is -2.83. The number of rotatable bonds is 17. The van der Waals surface area contributed by atoms with E-state index >= 15 is 0 Å². The van der Waals surface area contributed by atoms with Gasteiger partial charge in [-0.1, -0.05) is 24.3 Å². The second-order valence-corrected chi connectivity index (χ2v) is 14.5. The Morgan fingerprint density at radius 2 is 1.49 bits per heavy atom. The third-order valence-corrected chi connectivity index (χ3v) is 9.65. The number of imide groups is 1. The lowest BCUT2D eigenvalue weighted by molar-refractivity contribution is -0.141. The van der Waals surface area contributed by atoms with Crippen molar-refractivity contribution in [3.8, 4) is 11.5 Å². The van der Waals surface area contributed by atoms with E-state index in [2.05, 4.69) is 10.6 Å². The molecule has 1 aliphatic heterocycles. The number of carboxylic acid groups (broad SMARTS) is 1. The summed E-state index contributed by atoms with van der Waals surface area (Å²) in [7, 11) is 1.18. The number of ketones is 1. The molecule has 2 aromatic carbocycles. The SMILES string of the molecule is CC(N)C(=O)CC(C(N)C(=O)N(C=C1CC(O)C(n2ccc(=O)[nH]c2=O)O1)C(=O)NC(Cc1cccc(O)c1)C(=O)O)N(C)C(=O)C(Cc1cccc(O)c1)NC(=O)C(C)N. The van der Waals surface area contributed by atoms with Crippen LogP contribution in [0.2, 0.25) is 0 Å². The number of nitrogens with one attached hydrogen (secondary N) is 3. The molecular weight excluding hydrogens is 802 g/mol. The highest BCUT2D eigenvalue weighted by molar-refractivity contribution is 6.00. The van der Waals surface area contributed by atoms with Crippen molar-refractivity contribution in [3.05, 3.63) is 105 Å². The van der Waals surface area contributed by atoms with Crippen molar-refractivity contribution in [1.29, 1.82) is 0 Å². The minimum absolute atomic E-state index is 0.140. The zero-order chi connectivity index (χ0) is 45.3. The monoisotopic (exact) mass is 851 g/mol. The molecule has 0 bridgehead atoms. The van der Waals surface area contributed by atoms with Crippen LogP contribution >= 0.6 is 0 Å². The average Bonchev–Trinajstić information content (AvgIpc) is 3.56. The number of phenolic OH excluding ortho intramolecular Hbond substituents is 2. The summed E-state index contributed by atoms with van der Waals surface area (Å²) >= 11 is 0. The Bertz CT molecular complexity index is 2270. The van der Waals surface area contributed by atoms with Gasteiger partial charge >= 0.3 is 17.7 Å². The van der Waals surface area contributed by atoms with E-state index in [4.69, 9.17) is 21.9 Å². The topological polar surface area (TPSA) is 356 Å². The molecule has 0 aliphatic carbocycles. The number of carboxylic acids is 1. The average molecular weight is 852 g/mol. The second kappa shape index (κ2) is 20.4. The standard InChI is InChI=1S/C39H49N9O13/c1-19(40)29(51)17-28(46(3)34(55)26(43-33(54)20(2)41)14-21-6-4-8-23(49)12-21)32(42)35(56)48(38(59)44-27(37(57)58)15-22-7-5-9-24(50)13-22)18-25-16-30(52)36(61-25)47-11-10-31(53)45-39(47)60/h4-13,18-20,26-28,30,32,36,49-50,52H,14-17,40-42H2,1-3H3,(H,43,54)(H,44,59)(H,57,58)(H,45,53,60). The number of aliphatic hydroxyl groups excluding tert-OH is 1. The maximum Gasteiger partial charge on any atom is 0.331 e. The Kier molecular flexibility index (Phi) is 15.6. The number of phenols is 2. The Hall–Kier alpha value is -6.88. The molecule has 0 saturated carbocycles. The van der Waals surface area contributed by atoms with E-state index < -0.39 is 108 Å². The number of likely N-dealkylation sites (N-methyl/N-ethyl adjacent to an activating group) is 1. The van der Waals surface area contributed by atoms with Crippen LogP contribution in [0, 0.1) is 0 Å². The van der Waals surface area contributed by atoms with Crippen molar-refractivity contribution < 1.29 is 53.9 Å². The van der Waals surface area contributed by atoms with Crippen LogP contribution < -0.4 is 39.1 Å². The number of H-pyrrole nitrogens is 1. The summed E-state index contributed by atoms with van der Waals surface area (Å²) in [5.74, 6) is -5.83. The van der Waals surface area contributed by atoms with Crippen molar-refractivity contribution in [2.24, 2.45) is 17.2 Å². The molecule has 61 heavy (non-hydrogen) atoms. The van der Waals surface area contributed by atoms with E-state index in [0.29, 0.717) is 10.5 Å². The first-order valence-electron chi connectivity index (χ1n) is 18.8. The summed E-state index contributed by atoms with van der Waals surface area (Å²) in [4.78, 5) is 109.